The lowest BCUT2D eigenvalue weighted by molar-refractivity contribution is 0.302. The van der Waals surface area contributed by atoms with Crippen LogP contribution in [-0.2, 0) is 0 Å². The highest BCUT2D eigenvalue weighted by Crippen LogP contribution is 2.23. The highest BCUT2D eigenvalue weighted by Gasteiger charge is 2.09. The van der Waals surface area contributed by atoms with Crippen LogP contribution in [0.15, 0.2) is 18.2 Å². The van der Waals surface area contributed by atoms with Gasteiger partial charge in [0.1, 0.15) is 6.07 Å². The first-order valence-electron chi connectivity index (χ1n) is 4.78. The molecule has 0 aliphatic rings. The lowest BCUT2D eigenvalue weighted by Gasteiger charge is -2.23. The Morgan fingerprint density at radius 1 is 1.53 bits per heavy atom. The molecule has 4 heteroatoms. The maximum Gasteiger partial charge on any atom is 0.101 e. The molecule has 1 N–H and O–H groups in total. The first-order chi connectivity index (χ1) is 7.22. The lowest BCUT2D eigenvalue weighted by Crippen LogP contribution is -2.26. The Kier molecular flexibility index (Phi) is 4.41. The fraction of sp³-hybridized carbons (Fsp3) is 0.364. The Balaban J connectivity index is 3.06. The van der Waals surface area contributed by atoms with Crippen molar-refractivity contribution < 1.29 is 5.11 Å². The molecule has 1 aromatic carbocycles. The molecular weight excluding hydrogens is 212 g/mol. The summed E-state index contributed by atoms with van der Waals surface area (Å²) in [7, 11) is 0. The summed E-state index contributed by atoms with van der Waals surface area (Å²) in [6.07, 6.45) is 0. The number of hydrogen-bond donors (Lipinski definition) is 1. The first-order valence-corrected chi connectivity index (χ1v) is 5.16. The van der Waals surface area contributed by atoms with E-state index in [-0.39, 0.29) is 6.61 Å². The molecule has 0 unspecified atom stereocenters. The fourth-order valence-electron chi connectivity index (χ4n) is 1.44. The molecule has 0 atom stereocenters. The minimum Gasteiger partial charge on any atom is -0.395 e. The van der Waals surface area contributed by atoms with Gasteiger partial charge in [-0.15, -0.1) is 0 Å². The van der Waals surface area contributed by atoms with Gasteiger partial charge in [-0.05, 0) is 25.1 Å². The predicted molar refractivity (Wildman–Crippen MR) is 61.1 cm³/mol. The predicted octanol–water partition coefficient (Wildman–Crippen LogP) is 2.03. The zero-order valence-electron chi connectivity index (χ0n) is 8.57. The summed E-state index contributed by atoms with van der Waals surface area (Å²) >= 11 is 5.80. The number of aliphatic hydroxyl groups is 1. The first kappa shape index (κ1) is 11.8. The summed E-state index contributed by atoms with van der Waals surface area (Å²) < 4.78 is 0. The number of halogens is 1. The number of benzene rings is 1. The van der Waals surface area contributed by atoms with Gasteiger partial charge < -0.3 is 10.0 Å². The van der Waals surface area contributed by atoms with Crippen LogP contribution in [0.5, 0.6) is 0 Å². The van der Waals surface area contributed by atoms with E-state index in [0.717, 1.165) is 12.2 Å². The third-order valence-corrected chi connectivity index (χ3v) is 2.41. The van der Waals surface area contributed by atoms with Gasteiger partial charge in [-0.25, -0.2) is 0 Å². The van der Waals surface area contributed by atoms with Crippen molar-refractivity contribution in [3.63, 3.8) is 0 Å². The normalized spacial score (nSPS) is 9.73. The monoisotopic (exact) mass is 224 g/mol. The Morgan fingerprint density at radius 3 is 2.80 bits per heavy atom. The van der Waals surface area contributed by atoms with Crippen molar-refractivity contribution >= 4 is 17.3 Å². The average Bonchev–Trinajstić information content (AvgIpc) is 2.26. The van der Waals surface area contributed by atoms with E-state index in [2.05, 4.69) is 6.07 Å². The van der Waals surface area contributed by atoms with Crippen molar-refractivity contribution in [3.8, 4) is 6.07 Å². The molecule has 0 aliphatic carbocycles. The second-order valence-electron chi connectivity index (χ2n) is 3.08. The highest BCUT2D eigenvalue weighted by atomic mass is 35.5. The maximum absolute atomic E-state index is 8.96. The number of anilines is 1. The molecule has 0 aliphatic heterocycles. The Labute approximate surface area is 94.5 Å². The molecule has 1 rings (SSSR count). The Bertz CT molecular complexity index is 373. The Morgan fingerprint density at radius 2 is 2.27 bits per heavy atom. The molecule has 0 heterocycles. The summed E-state index contributed by atoms with van der Waals surface area (Å²) in [5, 5.41) is 18.4. The molecule has 0 amide bonds. The van der Waals surface area contributed by atoms with E-state index in [1.165, 1.54) is 0 Å². The molecule has 0 saturated heterocycles. The molecule has 15 heavy (non-hydrogen) atoms. The van der Waals surface area contributed by atoms with Crippen molar-refractivity contribution in [2.24, 2.45) is 0 Å². The average molecular weight is 225 g/mol. The SMILES string of the molecule is CCN(CCO)c1ccc(Cl)cc1C#N. The second-order valence-corrected chi connectivity index (χ2v) is 3.51. The number of hydrogen-bond acceptors (Lipinski definition) is 3. The van der Waals surface area contributed by atoms with Crippen LogP contribution in [-0.4, -0.2) is 24.8 Å². The van der Waals surface area contributed by atoms with Crippen molar-refractivity contribution in [2.75, 3.05) is 24.6 Å². The summed E-state index contributed by atoms with van der Waals surface area (Å²) in [4.78, 5) is 1.94. The molecule has 0 aromatic heterocycles. The van der Waals surface area contributed by atoms with E-state index in [9.17, 15) is 0 Å². The molecule has 80 valence electrons. The molecular formula is C11H13ClN2O. The number of rotatable bonds is 4. The molecule has 0 bridgehead atoms. The van der Waals surface area contributed by atoms with E-state index in [4.69, 9.17) is 22.0 Å². The van der Waals surface area contributed by atoms with Gasteiger partial charge in [0.15, 0.2) is 0 Å². The number of nitriles is 1. The van der Waals surface area contributed by atoms with E-state index < -0.39 is 0 Å². The van der Waals surface area contributed by atoms with Crippen molar-refractivity contribution in [2.45, 2.75) is 6.92 Å². The van der Waals surface area contributed by atoms with E-state index in [0.29, 0.717) is 17.1 Å². The molecule has 1 aromatic rings. The van der Waals surface area contributed by atoms with Crippen LogP contribution in [0.3, 0.4) is 0 Å². The topological polar surface area (TPSA) is 47.3 Å². The van der Waals surface area contributed by atoms with Crippen molar-refractivity contribution in [1.82, 2.24) is 0 Å². The van der Waals surface area contributed by atoms with Gasteiger partial charge in [0.2, 0.25) is 0 Å². The van der Waals surface area contributed by atoms with Crippen LogP contribution < -0.4 is 4.90 Å². The van der Waals surface area contributed by atoms with Crippen molar-refractivity contribution in [3.05, 3.63) is 28.8 Å². The highest BCUT2D eigenvalue weighted by molar-refractivity contribution is 6.30. The van der Waals surface area contributed by atoms with Gasteiger partial charge in [-0.2, -0.15) is 5.26 Å². The van der Waals surface area contributed by atoms with Crippen molar-refractivity contribution in [1.29, 1.82) is 5.26 Å². The minimum atomic E-state index is 0.0708. The molecule has 3 nitrogen and oxygen atoms in total. The van der Waals surface area contributed by atoms with Gasteiger partial charge in [-0.3, -0.25) is 0 Å². The van der Waals surface area contributed by atoms with Gasteiger partial charge >= 0.3 is 0 Å². The summed E-state index contributed by atoms with van der Waals surface area (Å²) in [6, 6.07) is 7.29. The van der Waals surface area contributed by atoms with Crippen LogP contribution in [0.1, 0.15) is 12.5 Å². The quantitative estimate of drug-likeness (QED) is 0.852. The van der Waals surface area contributed by atoms with Crippen LogP contribution in [0, 0.1) is 11.3 Å². The summed E-state index contributed by atoms with van der Waals surface area (Å²) in [5.74, 6) is 0. The van der Waals surface area contributed by atoms with Gasteiger partial charge in [0.25, 0.3) is 0 Å². The maximum atomic E-state index is 8.96. The van der Waals surface area contributed by atoms with Gasteiger partial charge in [0, 0.05) is 18.1 Å². The second kappa shape index (κ2) is 5.59. The summed E-state index contributed by atoms with van der Waals surface area (Å²) in [6.45, 7) is 3.32. The van der Waals surface area contributed by atoms with E-state index in [1.54, 1.807) is 18.2 Å². The van der Waals surface area contributed by atoms with Crippen LogP contribution in [0.4, 0.5) is 5.69 Å². The van der Waals surface area contributed by atoms with Gasteiger partial charge in [0.05, 0.1) is 17.9 Å². The molecule has 0 spiro atoms. The third-order valence-electron chi connectivity index (χ3n) is 2.17. The van der Waals surface area contributed by atoms with Crippen LogP contribution in [0.2, 0.25) is 5.02 Å². The Hall–Kier alpha value is -1.24. The third kappa shape index (κ3) is 2.85. The fourth-order valence-corrected chi connectivity index (χ4v) is 1.62. The van der Waals surface area contributed by atoms with E-state index in [1.807, 2.05) is 11.8 Å². The zero-order valence-corrected chi connectivity index (χ0v) is 9.33. The number of aliphatic hydroxyl groups excluding tert-OH is 1. The minimum absolute atomic E-state index is 0.0708. The smallest absolute Gasteiger partial charge is 0.101 e. The molecule has 0 radical (unpaired) electrons. The molecule has 0 fully saturated rings. The van der Waals surface area contributed by atoms with Crippen LogP contribution >= 0.6 is 11.6 Å². The van der Waals surface area contributed by atoms with Gasteiger partial charge in [-0.1, -0.05) is 11.6 Å². The lowest BCUT2D eigenvalue weighted by atomic mass is 10.1. The summed E-state index contributed by atoms with van der Waals surface area (Å²) in [5.41, 5.74) is 1.36. The number of likely N-dealkylation sites (N-methyl/N-ethyl adjacent to an activating group) is 1. The number of nitrogens with zero attached hydrogens (tertiary/aromatic N) is 2. The zero-order chi connectivity index (χ0) is 11.3. The largest absolute Gasteiger partial charge is 0.395 e. The van der Waals surface area contributed by atoms with Crippen LogP contribution in [0.25, 0.3) is 0 Å². The standard InChI is InChI=1S/C11H13ClN2O/c1-2-14(5-6-15)11-4-3-10(12)7-9(11)8-13/h3-4,7,15H,2,5-6H2,1H3. The van der Waals surface area contributed by atoms with E-state index >= 15 is 0 Å². The molecule has 0 saturated carbocycles.